The van der Waals surface area contributed by atoms with Gasteiger partial charge in [-0.1, -0.05) is 40.2 Å². The first-order valence-electron chi connectivity index (χ1n) is 7.12. The second kappa shape index (κ2) is 6.43. The molecule has 1 fully saturated rings. The van der Waals surface area contributed by atoms with Gasteiger partial charge in [0.1, 0.15) is 6.04 Å². The number of nitrogens with zero attached hydrogens (tertiary/aromatic N) is 1. The van der Waals surface area contributed by atoms with Crippen LogP contribution in [0.25, 0.3) is 0 Å². The molecule has 1 aliphatic rings. The minimum atomic E-state index is -3.73. The van der Waals surface area contributed by atoms with Gasteiger partial charge in [0.2, 0.25) is 15.9 Å². The second-order valence-corrected chi connectivity index (χ2v) is 7.88. The molecule has 7 heteroatoms. The molecule has 3 rings (SSSR count). The topological polar surface area (TPSA) is 66.5 Å². The van der Waals surface area contributed by atoms with Crippen LogP contribution in [-0.4, -0.2) is 26.9 Å². The Hall–Kier alpha value is -1.70. The SMILES string of the molecule is O=C1[C@H](NS(=O)(=O)c2cccc(Br)c2)CCN1c1ccccc1. The van der Waals surface area contributed by atoms with Gasteiger partial charge >= 0.3 is 0 Å². The normalized spacial score (nSPS) is 18.4. The highest BCUT2D eigenvalue weighted by atomic mass is 79.9. The van der Waals surface area contributed by atoms with E-state index in [0.717, 1.165) is 5.69 Å². The summed E-state index contributed by atoms with van der Waals surface area (Å²) in [4.78, 5) is 14.2. The standard InChI is InChI=1S/C16H15BrN2O3S/c17-12-5-4-8-14(11-12)23(21,22)18-15-9-10-19(16(15)20)13-6-2-1-3-7-13/h1-8,11,15,18H,9-10H2/t15-/m1/s1. The third-order valence-corrected chi connectivity index (χ3v) is 5.64. The number of sulfonamides is 1. The molecule has 0 radical (unpaired) electrons. The molecular formula is C16H15BrN2O3S. The molecule has 1 amide bonds. The minimum Gasteiger partial charge on any atom is -0.311 e. The Morgan fingerprint density at radius 3 is 2.52 bits per heavy atom. The summed E-state index contributed by atoms with van der Waals surface area (Å²) < 4.78 is 28.0. The van der Waals surface area contributed by atoms with E-state index in [-0.39, 0.29) is 10.8 Å². The second-order valence-electron chi connectivity index (χ2n) is 5.25. The number of benzene rings is 2. The van der Waals surface area contributed by atoms with Crippen LogP contribution in [0.4, 0.5) is 5.69 Å². The molecule has 23 heavy (non-hydrogen) atoms. The van der Waals surface area contributed by atoms with E-state index in [2.05, 4.69) is 20.7 Å². The van der Waals surface area contributed by atoms with Gasteiger partial charge in [0, 0.05) is 16.7 Å². The molecule has 0 bridgehead atoms. The molecule has 1 saturated heterocycles. The van der Waals surface area contributed by atoms with Crippen LogP contribution in [0, 0.1) is 0 Å². The highest BCUT2D eigenvalue weighted by Crippen LogP contribution is 2.23. The minimum absolute atomic E-state index is 0.137. The van der Waals surface area contributed by atoms with Crippen LogP contribution >= 0.6 is 15.9 Å². The molecular weight excluding hydrogens is 380 g/mol. The molecule has 0 unspecified atom stereocenters. The maximum Gasteiger partial charge on any atom is 0.245 e. The number of carbonyl (C=O) groups excluding carboxylic acids is 1. The van der Waals surface area contributed by atoms with E-state index in [1.165, 1.54) is 12.1 Å². The Bertz CT molecular complexity index is 824. The Labute approximate surface area is 143 Å². The maximum absolute atomic E-state index is 12.5. The van der Waals surface area contributed by atoms with Crippen molar-refractivity contribution in [3.8, 4) is 0 Å². The fourth-order valence-corrected chi connectivity index (χ4v) is 4.36. The number of para-hydroxylation sites is 1. The molecule has 1 atom stereocenters. The van der Waals surface area contributed by atoms with Crippen LogP contribution in [-0.2, 0) is 14.8 Å². The largest absolute Gasteiger partial charge is 0.311 e. The van der Waals surface area contributed by atoms with E-state index in [4.69, 9.17) is 0 Å². The van der Waals surface area contributed by atoms with Crippen LogP contribution in [0.15, 0.2) is 64.0 Å². The molecule has 5 nitrogen and oxygen atoms in total. The highest BCUT2D eigenvalue weighted by molar-refractivity contribution is 9.10. The van der Waals surface area contributed by atoms with Crippen LogP contribution in [0.5, 0.6) is 0 Å². The van der Waals surface area contributed by atoms with E-state index >= 15 is 0 Å². The predicted octanol–water partition coefficient (Wildman–Crippen LogP) is 2.53. The van der Waals surface area contributed by atoms with Crippen molar-refractivity contribution in [3.63, 3.8) is 0 Å². The van der Waals surface area contributed by atoms with Crippen molar-refractivity contribution in [3.05, 3.63) is 59.1 Å². The van der Waals surface area contributed by atoms with E-state index in [1.54, 1.807) is 17.0 Å². The van der Waals surface area contributed by atoms with Gasteiger partial charge in [0.25, 0.3) is 0 Å². The zero-order chi connectivity index (χ0) is 16.4. The first-order valence-corrected chi connectivity index (χ1v) is 9.39. The summed E-state index contributed by atoms with van der Waals surface area (Å²) in [5.74, 6) is -0.227. The van der Waals surface area contributed by atoms with Gasteiger partial charge in [-0.3, -0.25) is 4.79 Å². The lowest BCUT2D eigenvalue weighted by Gasteiger charge is -2.17. The van der Waals surface area contributed by atoms with Crippen molar-refractivity contribution in [1.29, 1.82) is 0 Å². The zero-order valence-corrected chi connectivity index (χ0v) is 14.5. The van der Waals surface area contributed by atoms with Gasteiger partial charge in [0.05, 0.1) is 4.90 Å². The number of amides is 1. The first kappa shape index (κ1) is 16.2. The third-order valence-electron chi connectivity index (χ3n) is 3.68. The van der Waals surface area contributed by atoms with Gasteiger partial charge in [-0.15, -0.1) is 0 Å². The number of hydrogen-bond donors (Lipinski definition) is 1. The van der Waals surface area contributed by atoms with Crippen molar-refractivity contribution in [2.75, 3.05) is 11.4 Å². The average molecular weight is 395 g/mol. The third kappa shape index (κ3) is 3.46. The number of rotatable bonds is 4. The Morgan fingerprint density at radius 1 is 1.09 bits per heavy atom. The lowest BCUT2D eigenvalue weighted by Crippen LogP contribution is -2.41. The lowest BCUT2D eigenvalue weighted by molar-refractivity contribution is -0.118. The monoisotopic (exact) mass is 394 g/mol. The molecule has 0 aromatic heterocycles. The van der Waals surface area contributed by atoms with Gasteiger partial charge in [-0.2, -0.15) is 4.72 Å². The molecule has 2 aromatic rings. The maximum atomic E-state index is 12.5. The number of anilines is 1. The summed E-state index contributed by atoms with van der Waals surface area (Å²) in [5.41, 5.74) is 0.779. The first-order chi connectivity index (χ1) is 11.0. The van der Waals surface area contributed by atoms with Crippen LogP contribution < -0.4 is 9.62 Å². The van der Waals surface area contributed by atoms with Gasteiger partial charge in [0.15, 0.2) is 0 Å². The number of carbonyl (C=O) groups is 1. The van der Waals surface area contributed by atoms with E-state index in [0.29, 0.717) is 17.4 Å². The van der Waals surface area contributed by atoms with Crippen molar-refractivity contribution < 1.29 is 13.2 Å². The summed E-state index contributed by atoms with van der Waals surface area (Å²) in [6.07, 6.45) is 0.445. The number of halogens is 1. The zero-order valence-electron chi connectivity index (χ0n) is 12.1. The van der Waals surface area contributed by atoms with Crippen molar-refractivity contribution in [2.45, 2.75) is 17.4 Å². The highest BCUT2D eigenvalue weighted by Gasteiger charge is 2.35. The molecule has 120 valence electrons. The van der Waals surface area contributed by atoms with E-state index in [9.17, 15) is 13.2 Å². The summed E-state index contributed by atoms with van der Waals surface area (Å²) in [6, 6.07) is 14.9. The van der Waals surface area contributed by atoms with Gasteiger partial charge in [-0.25, -0.2) is 8.42 Å². The molecule has 1 heterocycles. The number of hydrogen-bond acceptors (Lipinski definition) is 3. The quantitative estimate of drug-likeness (QED) is 0.866. The molecule has 1 aliphatic heterocycles. The van der Waals surface area contributed by atoms with Crippen LogP contribution in [0.2, 0.25) is 0 Å². The fourth-order valence-electron chi connectivity index (χ4n) is 2.54. The van der Waals surface area contributed by atoms with Crippen molar-refractivity contribution in [2.24, 2.45) is 0 Å². The molecule has 0 saturated carbocycles. The molecule has 0 aliphatic carbocycles. The average Bonchev–Trinajstić information content (AvgIpc) is 2.89. The molecule has 0 spiro atoms. The van der Waals surface area contributed by atoms with Gasteiger partial charge in [-0.05, 0) is 36.8 Å². The van der Waals surface area contributed by atoms with Crippen LogP contribution in [0.1, 0.15) is 6.42 Å². The fraction of sp³-hybridized carbons (Fsp3) is 0.188. The van der Waals surface area contributed by atoms with Crippen molar-refractivity contribution in [1.82, 2.24) is 4.72 Å². The Balaban J connectivity index is 1.78. The Morgan fingerprint density at radius 2 is 1.83 bits per heavy atom. The number of nitrogens with one attached hydrogen (secondary N) is 1. The summed E-state index contributed by atoms with van der Waals surface area (Å²) in [6.45, 7) is 0.495. The van der Waals surface area contributed by atoms with Crippen LogP contribution in [0.3, 0.4) is 0 Å². The lowest BCUT2D eigenvalue weighted by atomic mass is 10.3. The molecule has 1 N–H and O–H groups in total. The van der Waals surface area contributed by atoms with E-state index < -0.39 is 16.1 Å². The van der Waals surface area contributed by atoms with Gasteiger partial charge < -0.3 is 4.90 Å². The summed E-state index contributed by atoms with van der Waals surface area (Å²) in [7, 11) is -3.73. The van der Waals surface area contributed by atoms with E-state index in [1.807, 2.05) is 30.3 Å². The molecule has 2 aromatic carbocycles. The summed E-state index contributed by atoms with van der Waals surface area (Å²) in [5, 5.41) is 0. The smallest absolute Gasteiger partial charge is 0.245 e. The van der Waals surface area contributed by atoms with Crippen molar-refractivity contribution >= 4 is 37.5 Å². The summed E-state index contributed by atoms with van der Waals surface area (Å²) >= 11 is 3.25. The Kier molecular flexibility index (Phi) is 4.52. The predicted molar refractivity (Wildman–Crippen MR) is 91.7 cm³/mol.